The fourth-order valence-electron chi connectivity index (χ4n) is 1.88. The summed E-state index contributed by atoms with van der Waals surface area (Å²) in [7, 11) is -3.46. The van der Waals surface area contributed by atoms with E-state index < -0.39 is 10.1 Å². The first-order valence-corrected chi connectivity index (χ1v) is 9.05. The predicted octanol–water partition coefficient (Wildman–Crippen LogP) is 1.35. The molecule has 1 fully saturated rings. The van der Waals surface area contributed by atoms with Crippen LogP contribution in [-0.2, 0) is 35.1 Å². The second kappa shape index (κ2) is 8.59. The summed E-state index contributed by atoms with van der Waals surface area (Å²) in [6, 6.07) is 9.95. The van der Waals surface area contributed by atoms with Crippen LogP contribution in [0.2, 0.25) is 0 Å². The van der Waals surface area contributed by atoms with Crippen molar-refractivity contribution in [1.82, 2.24) is 0 Å². The largest absolute Gasteiger partial charge is 0.377 e. The van der Waals surface area contributed by atoms with Gasteiger partial charge in [0.1, 0.15) is 12.2 Å². The van der Waals surface area contributed by atoms with Crippen LogP contribution in [-0.4, -0.2) is 53.3 Å². The minimum absolute atomic E-state index is 0.00558. The Balaban J connectivity index is 1.56. The zero-order valence-corrected chi connectivity index (χ0v) is 13.5. The van der Waals surface area contributed by atoms with Crippen molar-refractivity contribution in [1.29, 1.82) is 0 Å². The highest BCUT2D eigenvalue weighted by Crippen LogP contribution is 2.18. The van der Waals surface area contributed by atoms with Crippen molar-refractivity contribution in [3.05, 3.63) is 35.9 Å². The Morgan fingerprint density at radius 1 is 1.27 bits per heavy atom. The van der Waals surface area contributed by atoms with Crippen LogP contribution in [0.15, 0.2) is 30.3 Å². The van der Waals surface area contributed by atoms with E-state index in [2.05, 4.69) is 0 Å². The molecule has 1 aliphatic heterocycles. The summed E-state index contributed by atoms with van der Waals surface area (Å²) in [5, 5.41) is 0. The van der Waals surface area contributed by atoms with Gasteiger partial charge in [0.2, 0.25) is 0 Å². The summed E-state index contributed by atoms with van der Waals surface area (Å²) in [6.45, 7) is 2.22. The first kappa shape index (κ1) is 17.4. The molecule has 1 aromatic carbocycles. The van der Waals surface area contributed by atoms with Crippen LogP contribution >= 0.6 is 0 Å². The zero-order valence-electron chi connectivity index (χ0n) is 12.6. The third-order valence-electron chi connectivity index (χ3n) is 3.10. The van der Waals surface area contributed by atoms with Crippen LogP contribution in [0.25, 0.3) is 0 Å². The van der Waals surface area contributed by atoms with Crippen molar-refractivity contribution < 1.29 is 26.8 Å². The number of rotatable bonds is 11. The minimum Gasteiger partial charge on any atom is -0.377 e. The summed E-state index contributed by atoms with van der Waals surface area (Å²) in [5.74, 6) is 0. The van der Waals surface area contributed by atoms with Gasteiger partial charge in [-0.2, -0.15) is 8.42 Å². The van der Waals surface area contributed by atoms with E-state index in [1.54, 1.807) is 0 Å². The molecule has 1 saturated heterocycles. The minimum atomic E-state index is -3.46. The highest BCUT2D eigenvalue weighted by Gasteiger charge is 2.34. The maximum atomic E-state index is 11.0. The molecule has 2 rings (SSSR count). The lowest BCUT2D eigenvalue weighted by Gasteiger charge is -2.15. The first-order valence-electron chi connectivity index (χ1n) is 7.24. The van der Waals surface area contributed by atoms with E-state index in [1.807, 2.05) is 30.3 Å². The van der Waals surface area contributed by atoms with E-state index in [0.29, 0.717) is 26.4 Å². The molecule has 6 nitrogen and oxygen atoms in total. The van der Waals surface area contributed by atoms with E-state index >= 15 is 0 Å². The van der Waals surface area contributed by atoms with E-state index in [0.717, 1.165) is 18.2 Å². The maximum absolute atomic E-state index is 11.0. The lowest BCUT2D eigenvalue weighted by molar-refractivity contribution is -0.00647. The molecule has 124 valence electrons. The van der Waals surface area contributed by atoms with Gasteiger partial charge in [0.25, 0.3) is 10.1 Å². The molecule has 2 atom stereocenters. The fourth-order valence-corrected chi connectivity index (χ4v) is 2.26. The summed E-state index contributed by atoms with van der Waals surface area (Å²) >= 11 is 0. The number of epoxide rings is 1. The van der Waals surface area contributed by atoms with Gasteiger partial charge in [0, 0.05) is 13.2 Å². The molecule has 0 aromatic heterocycles. The SMILES string of the molecule is CS(=O)(=O)OCC(OCCCOCc1ccccc1)[C@@H]1CO1. The van der Waals surface area contributed by atoms with Crippen LogP contribution in [0.1, 0.15) is 12.0 Å². The molecule has 7 heteroatoms. The Labute approximate surface area is 131 Å². The van der Waals surface area contributed by atoms with Crippen molar-refractivity contribution in [2.45, 2.75) is 25.2 Å². The van der Waals surface area contributed by atoms with Gasteiger partial charge in [-0.25, -0.2) is 0 Å². The number of ether oxygens (including phenoxy) is 3. The van der Waals surface area contributed by atoms with Crippen molar-refractivity contribution in [3.8, 4) is 0 Å². The smallest absolute Gasteiger partial charge is 0.264 e. The highest BCUT2D eigenvalue weighted by atomic mass is 32.2. The molecule has 0 saturated carbocycles. The summed E-state index contributed by atoms with van der Waals surface area (Å²) in [4.78, 5) is 0. The average molecular weight is 330 g/mol. The van der Waals surface area contributed by atoms with Gasteiger partial charge >= 0.3 is 0 Å². The molecule has 1 unspecified atom stereocenters. The Morgan fingerprint density at radius 2 is 2.00 bits per heavy atom. The van der Waals surface area contributed by atoms with Crippen LogP contribution in [0.3, 0.4) is 0 Å². The fraction of sp³-hybridized carbons (Fsp3) is 0.600. The van der Waals surface area contributed by atoms with Crippen molar-refractivity contribution >= 4 is 10.1 Å². The van der Waals surface area contributed by atoms with Crippen LogP contribution < -0.4 is 0 Å². The van der Waals surface area contributed by atoms with Crippen molar-refractivity contribution in [3.63, 3.8) is 0 Å². The Bertz CT molecular complexity index is 526. The van der Waals surface area contributed by atoms with Gasteiger partial charge in [-0.15, -0.1) is 0 Å². The summed E-state index contributed by atoms with van der Waals surface area (Å²) < 4.78 is 43.1. The van der Waals surface area contributed by atoms with E-state index in [1.165, 1.54) is 0 Å². The topological polar surface area (TPSA) is 74.4 Å². The van der Waals surface area contributed by atoms with Crippen molar-refractivity contribution in [2.75, 3.05) is 32.7 Å². The van der Waals surface area contributed by atoms with E-state index in [9.17, 15) is 8.42 Å². The molecular formula is C15H22O6S. The second-order valence-electron chi connectivity index (χ2n) is 5.16. The van der Waals surface area contributed by atoms with E-state index in [4.69, 9.17) is 18.4 Å². The first-order chi connectivity index (χ1) is 10.5. The van der Waals surface area contributed by atoms with Crippen molar-refractivity contribution in [2.24, 2.45) is 0 Å². The molecular weight excluding hydrogens is 308 g/mol. The normalized spacial score (nSPS) is 19.0. The predicted molar refractivity (Wildman–Crippen MR) is 81.0 cm³/mol. The van der Waals surface area contributed by atoms with Gasteiger partial charge in [0.15, 0.2) is 0 Å². The van der Waals surface area contributed by atoms with Crippen LogP contribution in [0.5, 0.6) is 0 Å². The lowest BCUT2D eigenvalue weighted by Crippen LogP contribution is -2.28. The monoisotopic (exact) mass is 330 g/mol. The van der Waals surface area contributed by atoms with Gasteiger partial charge in [-0.1, -0.05) is 30.3 Å². The summed E-state index contributed by atoms with van der Waals surface area (Å²) in [6.07, 6.45) is 1.35. The number of hydrogen-bond donors (Lipinski definition) is 0. The molecule has 0 amide bonds. The van der Waals surface area contributed by atoms with Crippen LogP contribution in [0.4, 0.5) is 0 Å². The Morgan fingerprint density at radius 3 is 2.64 bits per heavy atom. The molecule has 1 aliphatic rings. The molecule has 22 heavy (non-hydrogen) atoms. The Hall–Kier alpha value is -0.990. The highest BCUT2D eigenvalue weighted by molar-refractivity contribution is 7.85. The molecule has 0 radical (unpaired) electrons. The van der Waals surface area contributed by atoms with E-state index in [-0.39, 0.29) is 18.8 Å². The lowest BCUT2D eigenvalue weighted by atomic mass is 10.2. The Kier molecular flexibility index (Phi) is 6.78. The van der Waals surface area contributed by atoms with Gasteiger partial charge in [0.05, 0.1) is 26.1 Å². The molecule has 0 N–H and O–H groups in total. The number of benzene rings is 1. The molecule has 0 aliphatic carbocycles. The van der Waals surface area contributed by atoms with Gasteiger partial charge in [-0.05, 0) is 12.0 Å². The molecule has 1 aromatic rings. The third-order valence-corrected chi connectivity index (χ3v) is 3.66. The standard InChI is InChI=1S/C15H22O6S/c1-22(16,17)21-12-15(14-11-20-14)19-9-5-8-18-10-13-6-3-2-4-7-13/h2-4,6-7,14-15H,5,8-12H2,1H3/t14-,15?/m0/s1. The van der Waals surface area contributed by atoms with Gasteiger partial charge in [-0.3, -0.25) is 4.18 Å². The third kappa shape index (κ3) is 7.33. The maximum Gasteiger partial charge on any atom is 0.264 e. The van der Waals surface area contributed by atoms with Crippen LogP contribution in [0, 0.1) is 0 Å². The average Bonchev–Trinajstić information content (AvgIpc) is 3.30. The number of hydrogen-bond acceptors (Lipinski definition) is 6. The quantitative estimate of drug-likeness (QED) is 0.346. The molecule has 0 bridgehead atoms. The second-order valence-corrected chi connectivity index (χ2v) is 6.81. The molecule has 1 heterocycles. The molecule has 0 spiro atoms. The zero-order chi connectivity index (χ0) is 15.8. The summed E-state index contributed by atoms with van der Waals surface area (Å²) in [5.41, 5.74) is 1.13. The van der Waals surface area contributed by atoms with Gasteiger partial charge < -0.3 is 14.2 Å².